The molecular weight excluding hydrogens is 533 g/mol. The molecule has 1 saturated heterocycles. The highest BCUT2D eigenvalue weighted by Crippen LogP contribution is 2.55. The van der Waals surface area contributed by atoms with Crippen LogP contribution >= 0.6 is 0 Å². The lowest BCUT2D eigenvalue weighted by Gasteiger charge is -2.32. The number of halogens is 5. The van der Waals surface area contributed by atoms with Gasteiger partial charge >= 0.3 is 6.18 Å². The largest absolute Gasteiger partial charge is 0.487 e. The van der Waals surface area contributed by atoms with Crippen LogP contribution < -0.4 is 15.8 Å². The number of nitrogens with two attached hydrogens (primary N) is 1. The van der Waals surface area contributed by atoms with Crippen molar-refractivity contribution in [2.75, 3.05) is 32.8 Å². The third-order valence-corrected chi connectivity index (χ3v) is 6.75. The zero-order chi connectivity index (χ0) is 29.1. The number of hydrogen-bond acceptors (Lipinski definition) is 7. The van der Waals surface area contributed by atoms with Crippen LogP contribution in [-0.2, 0) is 19.0 Å². The smallest absolute Gasteiger partial charge is 0.417 e. The topological polar surface area (TPSA) is 122 Å². The summed E-state index contributed by atoms with van der Waals surface area (Å²) < 4.78 is 92.9. The van der Waals surface area contributed by atoms with Crippen molar-refractivity contribution in [1.82, 2.24) is 4.98 Å². The van der Waals surface area contributed by atoms with Gasteiger partial charge in [0, 0.05) is 43.5 Å². The van der Waals surface area contributed by atoms with Crippen molar-refractivity contribution in [2.24, 2.45) is 11.7 Å². The molecule has 1 fully saturated rings. The van der Waals surface area contributed by atoms with Crippen molar-refractivity contribution < 1.29 is 50.5 Å². The molecule has 1 aromatic heterocycles. The van der Waals surface area contributed by atoms with E-state index in [2.05, 4.69) is 10.3 Å². The number of nitrogens with one attached hydrogen (secondary N) is 1. The number of methoxy groups -OCH3 is 2. The van der Waals surface area contributed by atoms with Gasteiger partial charge in [-0.1, -0.05) is 13.0 Å². The molecule has 0 aliphatic carbocycles. The number of rotatable bonds is 10. The molecular formula is C25H28F5N3O6. The van der Waals surface area contributed by atoms with Gasteiger partial charge in [-0.05, 0) is 25.1 Å². The van der Waals surface area contributed by atoms with Crippen LogP contribution in [-0.4, -0.2) is 68.2 Å². The van der Waals surface area contributed by atoms with E-state index in [4.69, 9.17) is 24.7 Å². The van der Waals surface area contributed by atoms with Gasteiger partial charge in [0.25, 0.3) is 11.8 Å². The lowest BCUT2D eigenvalue weighted by molar-refractivity contribution is -0.272. The number of ether oxygens (including phenoxy) is 4. The molecule has 9 nitrogen and oxygen atoms in total. The van der Waals surface area contributed by atoms with E-state index in [1.807, 2.05) is 0 Å². The molecule has 1 aliphatic rings. The van der Waals surface area contributed by atoms with E-state index >= 15 is 4.39 Å². The van der Waals surface area contributed by atoms with E-state index in [9.17, 15) is 27.2 Å². The van der Waals surface area contributed by atoms with Crippen LogP contribution in [0.1, 0.15) is 35.8 Å². The first kappa shape index (κ1) is 30.2. The monoisotopic (exact) mass is 561 g/mol. The molecule has 2 heterocycles. The van der Waals surface area contributed by atoms with E-state index in [0.717, 1.165) is 25.1 Å². The number of primary amides is 1. The number of nitrogens with zero attached hydrogens (tertiary/aromatic N) is 1. The molecule has 14 heteroatoms. The fourth-order valence-electron chi connectivity index (χ4n) is 4.38. The quantitative estimate of drug-likeness (QED) is 0.426. The molecule has 2 amide bonds. The van der Waals surface area contributed by atoms with Crippen molar-refractivity contribution in [3.8, 4) is 5.75 Å². The second-order valence-corrected chi connectivity index (χ2v) is 9.14. The number of aromatic nitrogens is 1. The summed E-state index contributed by atoms with van der Waals surface area (Å²) in [4.78, 5) is 28.5. The summed E-state index contributed by atoms with van der Waals surface area (Å²) in [6.45, 7) is 1.66. The summed E-state index contributed by atoms with van der Waals surface area (Å²) in [5.41, 5.74) is 1.94. The van der Waals surface area contributed by atoms with Crippen LogP contribution in [0.3, 0.4) is 0 Å². The lowest BCUT2D eigenvalue weighted by atomic mass is 9.77. The molecule has 0 saturated carbocycles. The number of carbonyl (C=O) groups is 2. The van der Waals surface area contributed by atoms with Crippen LogP contribution in [0, 0.1) is 17.6 Å². The highest BCUT2D eigenvalue weighted by atomic mass is 19.4. The van der Waals surface area contributed by atoms with Crippen molar-refractivity contribution in [3.63, 3.8) is 0 Å². The van der Waals surface area contributed by atoms with Crippen molar-refractivity contribution >= 4 is 17.5 Å². The summed E-state index contributed by atoms with van der Waals surface area (Å²) in [6.07, 6.45) is -6.32. The first-order valence-electron chi connectivity index (χ1n) is 11.7. The number of benzene rings is 1. The minimum absolute atomic E-state index is 0.00340. The van der Waals surface area contributed by atoms with Gasteiger partial charge in [0.05, 0.1) is 6.61 Å². The number of alkyl halides is 3. The van der Waals surface area contributed by atoms with Gasteiger partial charge in [-0.25, -0.2) is 4.39 Å². The summed E-state index contributed by atoms with van der Waals surface area (Å²) in [5, 5.41) is 2.39. The summed E-state index contributed by atoms with van der Waals surface area (Å²) in [6, 6.07) is 4.20. The predicted octanol–water partition coefficient (Wildman–Crippen LogP) is 3.58. The molecule has 3 N–H and O–H groups in total. The fourth-order valence-corrected chi connectivity index (χ4v) is 4.38. The minimum atomic E-state index is -4.94. The van der Waals surface area contributed by atoms with Gasteiger partial charge in [0.2, 0.25) is 5.82 Å². The second-order valence-electron chi connectivity index (χ2n) is 9.14. The van der Waals surface area contributed by atoms with E-state index in [1.165, 1.54) is 33.4 Å². The molecule has 1 aliphatic heterocycles. The normalized spacial score (nSPS) is 23.9. The van der Waals surface area contributed by atoms with Gasteiger partial charge in [0.1, 0.15) is 24.5 Å². The third kappa shape index (κ3) is 6.12. The van der Waals surface area contributed by atoms with E-state index in [0.29, 0.717) is 0 Å². The summed E-state index contributed by atoms with van der Waals surface area (Å²) in [5.74, 6) is -8.28. The average molecular weight is 562 g/mol. The molecule has 0 radical (unpaired) electrons. The highest BCUT2D eigenvalue weighted by molar-refractivity contribution is 5.97. The zero-order valence-electron chi connectivity index (χ0n) is 21.5. The molecule has 2 aromatic rings. The van der Waals surface area contributed by atoms with Crippen LogP contribution in [0.25, 0.3) is 0 Å². The first-order chi connectivity index (χ1) is 18.2. The molecule has 0 spiro atoms. The predicted molar refractivity (Wildman–Crippen MR) is 127 cm³/mol. The Labute approximate surface area is 220 Å². The van der Waals surface area contributed by atoms with Gasteiger partial charge < -0.3 is 30.0 Å². The number of carbonyl (C=O) groups excluding carboxylic acids is 2. The average Bonchev–Trinajstić information content (AvgIpc) is 3.16. The van der Waals surface area contributed by atoms with Crippen LogP contribution in [0.5, 0.6) is 5.75 Å². The van der Waals surface area contributed by atoms with Crippen LogP contribution in [0.2, 0.25) is 0 Å². The fraction of sp³-hybridized carbons (Fsp3) is 0.480. The molecule has 1 aromatic carbocycles. The number of anilines is 1. The second kappa shape index (κ2) is 11.8. The Morgan fingerprint density at radius 1 is 1.21 bits per heavy atom. The molecule has 3 rings (SSSR count). The Morgan fingerprint density at radius 3 is 2.49 bits per heavy atom. The molecule has 0 bridgehead atoms. The standard InChI is InChI=1S/C25H28F5N3O6/c1-12-18(15-5-6-16(26)19(27)20(15)38-11-14(37-4)10-36-3)21(39-24(12,2)25(28,29)30)23(35)33-13-7-8-32-17(9-13)22(31)34/h5-9,12,14,18,21H,10-11H2,1-4H3,(H2,31,34)(H,32,33,35)/t12-,14+,18-,21+,24+/m0/s1. The first-order valence-corrected chi connectivity index (χ1v) is 11.7. The highest BCUT2D eigenvalue weighted by Gasteiger charge is 2.66. The minimum Gasteiger partial charge on any atom is -0.487 e. The maximum atomic E-state index is 15.0. The van der Waals surface area contributed by atoms with Crippen molar-refractivity contribution in [1.29, 1.82) is 0 Å². The zero-order valence-corrected chi connectivity index (χ0v) is 21.5. The Morgan fingerprint density at radius 2 is 1.90 bits per heavy atom. The van der Waals surface area contributed by atoms with Crippen molar-refractivity contribution in [2.45, 2.75) is 43.8 Å². The van der Waals surface area contributed by atoms with E-state index in [-0.39, 0.29) is 30.2 Å². The van der Waals surface area contributed by atoms with Gasteiger partial charge in [-0.15, -0.1) is 0 Å². The number of pyridine rings is 1. The van der Waals surface area contributed by atoms with Gasteiger partial charge in [-0.2, -0.15) is 17.6 Å². The Hall–Kier alpha value is -3.36. The molecule has 0 unspecified atom stereocenters. The lowest BCUT2D eigenvalue weighted by Crippen LogP contribution is -2.47. The Bertz CT molecular complexity index is 1210. The Balaban J connectivity index is 2.07. The van der Waals surface area contributed by atoms with Crippen molar-refractivity contribution in [3.05, 3.63) is 53.4 Å². The summed E-state index contributed by atoms with van der Waals surface area (Å²) in [7, 11) is 2.72. The summed E-state index contributed by atoms with van der Waals surface area (Å²) >= 11 is 0. The van der Waals surface area contributed by atoms with Crippen LogP contribution in [0.15, 0.2) is 30.5 Å². The Kier molecular flexibility index (Phi) is 9.13. The molecule has 39 heavy (non-hydrogen) atoms. The maximum absolute atomic E-state index is 15.0. The SMILES string of the molecule is COC[C@H](COc1c([C@H]2[C@H](C(=O)Nc3ccnc(C(N)=O)c3)O[C@@](C)(C(F)(F)F)[C@H]2C)ccc(F)c1F)OC. The van der Waals surface area contributed by atoms with Gasteiger partial charge in [0.15, 0.2) is 17.2 Å². The number of hydrogen-bond donors (Lipinski definition) is 2. The van der Waals surface area contributed by atoms with Gasteiger partial charge in [-0.3, -0.25) is 14.6 Å². The van der Waals surface area contributed by atoms with E-state index in [1.54, 1.807) is 0 Å². The number of amides is 2. The molecule has 214 valence electrons. The molecule has 5 atom stereocenters. The van der Waals surface area contributed by atoms with Crippen LogP contribution in [0.4, 0.5) is 27.6 Å². The third-order valence-electron chi connectivity index (χ3n) is 6.75. The maximum Gasteiger partial charge on any atom is 0.417 e. The van der Waals surface area contributed by atoms with E-state index < -0.39 is 65.0 Å².